The first-order valence-electron chi connectivity index (χ1n) is 9.50. The summed E-state index contributed by atoms with van der Waals surface area (Å²) in [5, 5.41) is 3.03. The van der Waals surface area contributed by atoms with E-state index < -0.39 is 11.7 Å². The first-order chi connectivity index (χ1) is 12.4. The summed E-state index contributed by atoms with van der Waals surface area (Å²) in [5.41, 5.74) is -0.733. The molecule has 2 aliphatic rings. The molecule has 1 aliphatic carbocycles. The third-order valence-electron chi connectivity index (χ3n) is 5.47. The molecule has 0 spiro atoms. The maximum absolute atomic E-state index is 13.2. The standard InChI is InChI=1S/C19H26F3N3O/c20-19(21,22)16-9-4-10-23-17(16)25-11-5-8-15(13-25)18(26)24-12-14-6-2-1-3-7-14/h4,9-10,14-15H,1-3,5-8,11-13H2,(H,24,26). The van der Waals surface area contributed by atoms with Gasteiger partial charge in [-0.15, -0.1) is 0 Å². The Kier molecular flexibility index (Phi) is 6.04. The number of amides is 1. The molecule has 26 heavy (non-hydrogen) atoms. The number of hydrogen-bond donors (Lipinski definition) is 1. The first kappa shape index (κ1) is 19.0. The Balaban J connectivity index is 1.61. The highest BCUT2D eigenvalue weighted by Gasteiger charge is 2.37. The van der Waals surface area contributed by atoms with Gasteiger partial charge >= 0.3 is 6.18 Å². The summed E-state index contributed by atoms with van der Waals surface area (Å²) in [5.74, 6) is 0.157. The van der Waals surface area contributed by atoms with Crippen molar-refractivity contribution in [2.45, 2.75) is 51.1 Å². The van der Waals surface area contributed by atoms with E-state index >= 15 is 0 Å². The number of hydrogen-bond acceptors (Lipinski definition) is 3. The highest BCUT2D eigenvalue weighted by molar-refractivity contribution is 5.79. The van der Waals surface area contributed by atoms with Crippen molar-refractivity contribution >= 4 is 11.7 Å². The Hall–Kier alpha value is -1.79. The third-order valence-corrected chi connectivity index (χ3v) is 5.47. The topological polar surface area (TPSA) is 45.2 Å². The fourth-order valence-corrected chi connectivity index (χ4v) is 4.03. The molecule has 1 N–H and O–H groups in total. The van der Waals surface area contributed by atoms with Gasteiger partial charge < -0.3 is 10.2 Å². The summed E-state index contributed by atoms with van der Waals surface area (Å²) >= 11 is 0. The van der Waals surface area contributed by atoms with Crippen LogP contribution in [0.15, 0.2) is 18.3 Å². The van der Waals surface area contributed by atoms with Crippen molar-refractivity contribution in [1.29, 1.82) is 0 Å². The van der Waals surface area contributed by atoms with Crippen LogP contribution in [0.5, 0.6) is 0 Å². The number of aromatic nitrogens is 1. The minimum atomic E-state index is -4.44. The average Bonchev–Trinajstić information content (AvgIpc) is 2.66. The Morgan fingerprint density at radius 3 is 2.69 bits per heavy atom. The molecule has 1 unspecified atom stereocenters. The van der Waals surface area contributed by atoms with Gasteiger partial charge in [0.1, 0.15) is 5.82 Å². The monoisotopic (exact) mass is 369 g/mol. The van der Waals surface area contributed by atoms with Crippen LogP contribution in [0.25, 0.3) is 0 Å². The summed E-state index contributed by atoms with van der Waals surface area (Å²) in [7, 11) is 0. The van der Waals surface area contributed by atoms with Crippen molar-refractivity contribution in [2.24, 2.45) is 11.8 Å². The molecule has 144 valence electrons. The molecule has 3 rings (SSSR count). The zero-order valence-corrected chi connectivity index (χ0v) is 14.9. The summed E-state index contributed by atoms with van der Waals surface area (Å²) < 4.78 is 39.7. The molecular weight excluding hydrogens is 343 g/mol. The second-order valence-electron chi connectivity index (χ2n) is 7.41. The lowest BCUT2D eigenvalue weighted by atomic mass is 9.89. The van der Waals surface area contributed by atoms with E-state index in [0.717, 1.165) is 18.9 Å². The van der Waals surface area contributed by atoms with Crippen molar-refractivity contribution in [3.8, 4) is 0 Å². The smallest absolute Gasteiger partial charge is 0.356 e. The van der Waals surface area contributed by atoms with Gasteiger partial charge in [0.2, 0.25) is 5.91 Å². The van der Waals surface area contributed by atoms with Crippen LogP contribution >= 0.6 is 0 Å². The van der Waals surface area contributed by atoms with Gasteiger partial charge in [-0.1, -0.05) is 19.3 Å². The lowest BCUT2D eigenvalue weighted by Gasteiger charge is -2.34. The molecule has 1 amide bonds. The minimum Gasteiger partial charge on any atom is -0.356 e. The van der Waals surface area contributed by atoms with Gasteiger partial charge in [0.05, 0.1) is 11.5 Å². The Morgan fingerprint density at radius 1 is 1.19 bits per heavy atom. The molecule has 1 aromatic heterocycles. The number of nitrogens with one attached hydrogen (secondary N) is 1. The Bertz CT molecular complexity index is 614. The molecular formula is C19H26F3N3O. The molecule has 7 heteroatoms. The van der Waals surface area contributed by atoms with Gasteiger partial charge in [-0.3, -0.25) is 4.79 Å². The SMILES string of the molecule is O=C(NCC1CCCCC1)C1CCCN(c2ncccc2C(F)(F)F)C1. The molecule has 2 fully saturated rings. The second kappa shape index (κ2) is 8.27. The maximum Gasteiger partial charge on any atom is 0.419 e. The second-order valence-corrected chi connectivity index (χ2v) is 7.41. The van der Waals surface area contributed by atoms with Gasteiger partial charge in [0.25, 0.3) is 0 Å². The maximum atomic E-state index is 13.2. The molecule has 0 aromatic carbocycles. The van der Waals surface area contributed by atoms with Crippen molar-refractivity contribution in [2.75, 3.05) is 24.5 Å². The Labute approximate surface area is 152 Å². The zero-order valence-electron chi connectivity index (χ0n) is 14.9. The number of carbonyl (C=O) groups is 1. The number of alkyl halides is 3. The number of carbonyl (C=O) groups excluding carboxylic acids is 1. The van der Waals surface area contributed by atoms with Crippen LogP contribution in [-0.4, -0.2) is 30.5 Å². The summed E-state index contributed by atoms with van der Waals surface area (Å²) in [6.45, 7) is 1.47. The fourth-order valence-electron chi connectivity index (χ4n) is 4.03. The quantitative estimate of drug-likeness (QED) is 0.872. The van der Waals surface area contributed by atoms with E-state index in [1.54, 1.807) is 4.90 Å². The zero-order chi connectivity index (χ0) is 18.6. The first-order valence-corrected chi connectivity index (χ1v) is 9.50. The highest BCUT2D eigenvalue weighted by atomic mass is 19.4. The molecule has 1 saturated heterocycles. The van der Waals surface area contributed by atoms with Crippen molar-refractivity contribution < 1.29 is 18.0 Å². The summed E-state index contributed by atoms with van der Waals surface area (Å²) in [6.07, 6.45) is 4.34. The van der Waals surface area contributed by atoms with E-state index in [4.69, 9.17) is 0 Å². The fraction of sp³-hybridized carbons (Fsp3) is 0.684. The number of halogens is 3. The van der Waals surface area contributed by atoms with Gasteiger partial charge in [-0.25, -0.2) is 4.98 Å². The van der Waals surface area contributed by atoms with E-state index in [-0.39, 0.29) is 24.2 Å². The lowest BCUT2D eigenvalue weighted by Crippen LogP contribution is -2.45. The van der Waals surface area contributed by atoms with Crippen LogP contribution < -0.4 is 10.2 Å². The number of rotatable bonds is 4. The van der Waals surface area contributed by atoms with Crippen LogP contribution in [0.3, 0.4) is 0 Å². The predicted octanol–water partition coefficient (Wildman–Crippen LogP) is 4.01. The van der Waals surface area contributed by atoms with Crippen molar-refractivity contribution in [3.05, 3.63) is 23.9 Å². The van der Waals surface area contributed by atoms with Gasteiger partial charge in [0.15, 0.2) is 0 Å². The molecule has 1 saturated carbocycles. The summed E-state index contributed by atoms with van der Waals surface area (Å²) in [6, 6.07) is 2.35. The van der Waals surface area contributed by atoms with E-state index in [0.29, 0.717) is 31.8 Å². The normalized spacial score (nSPS) is 22.3. The van der Waals surface area contributed by atoms with Crippen LogP contribution in [0, 0.1) is 11.8 Å². The number of piperidine rings is 1. The van der Waals surface area contributed by atoms with Crippen LogP contribution in [0.4, 0.5) is 19.0 Å². The molecule has 4 nitrogen and oxygen atoms in total. The lowest BCUT2D eigenvalue weighted by molar-refractivity contribution is -0.137. The number of pyridine rings is 1. The van der Waals surface area contributed by atoms with Gasteiger partial charge in [0, 0.05) is 25.8 Å². The van der Waals surface area contributed by atoms with Crippen LogP contribution in [0.2, 0.25) is 0 Å². The summed E-state index contributed by atoms with van der Waals surface area (Å²) in [4.78, 5) is 18.1. The molecule has 1 atom stereocenters. The molecule has 0 radical (unpaired) electrons. The third kappa shape index (κ3) is 4.68. The molecule has 0 bridgehead atoms. The van der Waals surface area contributed by atoms with E-state index in [9.17, 15) is 18.0 Å². The molecule has 1 aliphatic heterocycles. The van der Waals surface area contributed by atoms with Crippen LogP contribution in [0.1, 0.15) is 50.5 Å². The van der Waals surface area contributed by atoms with Gasteiger partial charge in [-0.05, 0) is 43.7 Å². The predicted molar refractivity (Wildman–Crippen MR) is 93.8 cm³/mol. The highest BCUT2D eigenvalue weighted by Crippen LogP contribution is 2.36. The molecule has 1 aromatic rings. The van der Waals surface area contributed by atoms with Gasteiger partial charge in [-0.2, -0.15) is 13.2 Å². The Morgan fingerprint density at radius 2 is 1.96 bits per heavy atom. The van der Waals surface area contributed by atoms with E-state index in [1.165, 1.54) is 31.5 Å². The number of anilines is 1. The van der Waals surface area contributed by atoms with E-state index in [2.05, 4.69) is 10.3 Å². The molecule has 2 heterocycles. The van der Waals surface area contributed by atoms with E-state index in [1.807, 2.05) is 0 Å². The van der Waals surface area contributed by atoms with Crippen molar-refractivity contribution in [1.82, 2.24) is 10.3 Å². The van der Waals surface area contributed by atoms with Crippen molar-refractivity contribution in [3.63, 3.8) is 0 Å². The minimum absolute atomic E-state index is 0.0373. The largest absolute Gasteiger partial charge is 0.419 e. The number of nitrogens with zero attached hydrogens (tertiary/aromatic N) is 2. The van der Waals surface area contributed by atoms with Crippen LogP contribution in [-0.2, 0) is 11.0 Å². The average molecular weight is 369 g/mol.